The summed E-state index contributed by atoms with van der Waals surface area (Å²) in [6.45, 7) is 3.49. The van der Waals surface area contributed by atoms with E-state index in [4.69, 9.17) is 9.26 Å². The molecule has 4 rings (SSSR count). The molecule has 0 spiro atoms. The van der Waals surface area contributed by atoms with Crippen molar-refractivity contribution in [3.8, 4) is 5.75 Å². The predicted octanol–water partition coefficient (Wildman–Crippen LogP) is 1.66. The van der Waals surface area contributed by atoms with E-state index in [1.165, 1.54) is 4.31 Å². The van der Waals surface area contributed by atoms with Gasteiger partial charge in [-0.1, -0.05) is 5.16 Å². The molecule has 10 nitrogen and oxygen atoms in total. The second-order valence-corrected chi connectivity index (χ2v) is 9.27. The van der Waals surface area contributed by atoms with Crippen LogP contribution in [0.25, 0.3) is 0 Å². The Labute approximate surface area is 173 Å². The molecule has 30 heavy (non-hydrogen) atoms. The molecule has 2 aromatic rings. The molecule has 1 fully saturated rings. The number of anilines is 2. The number of piperidine rings is 1. The molecule has 0 aliphatic carbocycles. The summed E-state index contributed by atoms with van der Waals surface area (Å²) in [7, 11) is -3.80. The lowest BCUT2D eigenvalue weighted by molar-refractivity contribution is -0.121. The van der Waals surface area contributed by atoms with Crippen LogP contribution in [-0.2, 0) is 19.6 Å². The molecule has 1 aromatic carbocycles. The summed E-state index contributed by atoms with van der Waals surface area (Å²) >= 11 is 0. The highest BCUT2D eigenvalue weighted by Gasteiger charge is 2.36. The van der Waals surface area contributed by atoms with E-state index in [1.54, 1.807) is 32.0 Å². The van der Waals surface area contributed by atoms with Crippen molar-refractivity contribution in [2.24, 2.45) is 5.92 Å². The zero-order chi connectivity index (χ0) is 21.5. The number of nitrogens with one attached hydrogen (secondary N) is 2. The molecular formula is C19H22N4O6S. The zero-order valence-corrected chi connectivity index (χ0v) is 17.4. The third-order valence-corrected chi connectivity index (χ3v) is 7.31. The van der Waals surface area contributed by atoms with Gasteiger partial charge in [0.1, 0.15) is 16.3 Å². The molecule has 2 amide bonds. The van der Waals surface area contributed by atoms with Gasteiger partial charge in [-0.25, -0.2) is 8.42 Å². The Kier molecular flexibility index (Phi) is 5.24. The van der Waals surface area contributed by atoms with Crippen molar-refractivity contribution in [3.05, 3.63) is 29.7 Å². The first-order valence-corrected chi connectivity index (χ1v) is 11.0. The summed E-state index contributed by atoms with van der Waals surface area (Å²) in [6.07, 6.45) is 1.14. The maximum absolute atomic E-state index is 13.0. The van der Waals surface area contributed by atoms with Crippen molar-refractivity contribution < 1.29 is 27.3 Å². The van der Waals surface area contributed by atoms with Crippen molar-refractivity contribution in [2.45, 2.75) is 31.6 Å². The van der Waals surface area contributed by atoms with Crippen molar-refractivity contribution >= 4 is 33.2 Å². The first-order valence-electron chi connectivity index (χ1n) is 9.56. The summed E-state index contributed by atoms with van der Waals surface area (Å²) in [4.78, 5) is 24.4. The minimum absolute atomic E-state index is 0.0454. The van der Waals surface area contributed by atoms with Gasteiger partial charge in [-0.2, -0.15) is 4.31 Å². The molecule has 0 bridgehead atoms. The van der Waals surface area contributed by atoms with Crippen LogP contribution in [0.2, 0.25) is 0 Å². The normalized spacial score (nSPS) is 19.5. The molecule has 0 radical (unpaired) electrons. The van der Waals surface area contributed by atoms with Crippen LogP contribution in [0.1, 0.15) is 24.3 Å². The van der Waals surface area contributed by atoms with Crippen LogP contribution >= 0.6 is 0 Å². The highest BCUT2D eigenvalue weighted by molar-refractivity contribution is 7.89. The van der Waals surface area contributed by atoms with E-state index in [0.717, 1.165) is 0 Å². The topological polar surface area (TPSA) is 131 Å². The maximum Gasteiger partial charge on any atom is 0.262 e. The van der Waals surface area contributed by atoms with Gasteiger partial charge in [0.2, 0.25) is 15.9 Å². The third kappa shape index (κ3) is 3.77. The standard InChI is InChI=1S/C19H22N4O6S/c1-11-18(12(2)29-22-11)30(26,27)23-7-3-4-13(9-23)19(25)20-14-5-6-16-15(8-14)21-17(24)10-28-16/h5-6,8,13H,3-4,7,9-10H2,1-2H3,(H,20,25)(H,21,24)/t13-/m1/s1. The molecule has 1 aromatic heterocycles. The van der Waals surface area contributed by atoms with Gasteiger partial charge in [-0.3, -0.25) is 9.59 Å². The van der Waals surface area contributed by atoms with Crippen molar-refractivity contribution in [1.29, 1.82) is 0 Å². The SMILES string of the molecule is Cc1noc(C)c1S(=O)(=O)N1CCC[C@@H](C(=O)Nc2ccc3c(c2)NC(=O)CO3)C1. The molecule has 160 valence electrons. The lowest BCUT2D eigenvalue weighted by atomic mass is 9.98. The number of ether oxygens (including phenoxy) is 1. The number of hydrogen-bond acceptors (Lipinski definition) is 7. The van der Waals surface area contributed by atoms with Gasteiger partial charge in [0.15, 0.2) is 12.4 Å². The Morgan fingerprint density at radius 2 is 2.13 bits per heavy atom. The lowest BCUT2D eigenvalue weighted by Gasteiger charge is -2.31. The van der Waals surface area contributed by atoms with E-state index >= 15 is 0 Å². The Morgan fingerprint density at radius 1 is 1.33 bits per heavy atom. The summed E-state index contributed by atoms with van der Waals surface area (Å²) < 4.78 is 37.7. The molecule has 0 saturated carbocycles. The Bertz CT molecular complexity index is 1090. The maximum atomic E-state index is 13.0. The number of aryl methyl sites for hydroxylation is 2. The van der Waals surface area contributed by atoms with E-state index in [9.17, 15) is 18.0 Å². The molecule has 2 N–H and O–H groups in total. The molecule has 0 unspecified atom stereocenters. The first-order chi connectivity index (χ1) is 14.3. The molecule has 1 atom stereocenters. The fourth-order valence-corrected chi connectivity index (χ4v) is 5.57. The molecule has 2 aliphatic rings. The van der Waals surface area contributed by atoms with Gasteiger partial charge >= 0.3 is 0 Å². The van der Waals surface area contributed by atoms with Gasteiger partial charge < -0.3 is 19.9 Å². The number of hydrogen-bond donors (Lipinski definition) is 2. The summed E-state index contributed by atoms with van der Waals surface area (Å²) in [5.41, 5.74) is 1.28. The van der Waals surface area contributed by atoms with Crippen LogP contribution in [0.5, 0.6) is 5.75 Å². The van der Waals surface area contributed by atoms with Crippen molar-refractivity contribution in [3.63, 3.8) is 0 Å². The van der Waals surface area contributed by atoms with Gasteiger partial charge in [-0.05, 0) is 44.9 Å². The second kappa shape index (κ2) is 7.73. The monoisotopic (exact) mass is 434 g/mol. The molecular weight excluding hydrogens is 412 g/mol. The Morgan fingerprint density at radius 3 is 2.87 bits per heavy atom. The number of carbonyl (C=O) groups is 2. The summed E-state index contributed by atoms with van der Waals surface area (Å²) in [5.74, 6) is -0.287. The number of aromatic nitrogens is 1. The van der Waals surface area contributed by atoms with Gasteiger partial charge in [0.05, 0.1) is 11.6 Å². The number of benzene rings is 1. The highest BCUT2D eigenvalue weighted by Crippen LogP contribution is 2.32. The van der Waals surface area contributed by atoms with E-state index in [2.05, 4.69) is 15.8 Å². The van der Waals surface area contributed by atoms with Crippen LogP contribution < -0.4 is 15.4 Å². The first kappa shape index (κ1) is 20.4. The summed E-state index contributed by atoms with van der Waals surface area (Å²) in [5, 5.41) is 9.22. The fourth-order valence-electron chi connectivity index (χ4n) is 3.75. The van der Waals surface area contributed by atoms with E-state index < -0.39 is 15.9 Å². The van der Waals surface area contributed by atoms with Crippen molar-refractivity contribution in [2.75, 3.05) is 30.3 Å². The van der Waals surface area contributed by atoms with Crippen LogP contribution in [0.3, 0.4) is 0 Å². The number of amides is 2. The quantitative estimate of drug-likeness (QED) is 0.748. The molecule has 2 aliphatic heterocycles. The molecule has 3 heterocycles. The average Bonchev–Trinajstić information content (AvgIpc) is 3.06. The van der Waals surface area contributed by atoms with Crippen molar-refractivity contribution in [1.82, 2.24) is 9.46 Å². The average molecular weight is 434 g/mol. The summed E-state index contributed by atoms with van der Waals surface area (Å²) in [6, 6.07) is 4.96. The third-order valence-electron chi connectivity index (χ3n) is 5.20. The van der Waals surface area contributed by atoms with Crippen LogP contribution in [-0.4, -0.2) is 49.4 Å². The minimum atomic E-state index is -3.80. The fraction of sp³-hybridized carbons (Fsp3) is 0.421. The van der Waals surface area contributed by atoms with Crippen LogP contribution in [0, 0.1) is 19.8 Å². The van der Waals surface area contributed by atoms with E-state index in [-0.39, 0.29) is 35.6 Å². The number of carbonyl (C=O) groups excluding carboxylic acids is 2. The van der Waals surface area contributed by atoms with Gasteiger partial charge in [-0.15, -0.1) is 0 Å². The number of rotatable bonds is 4. The predicted molar refractivity (Wildman–Crippen MR) is 107 cm³/mol. The molecule has 1 saturated heterocycles. The van der Waals surface area contributed by atoms with Gasteiger partial charge in [0.25, 0.3) is 5.91 Å². The van der Waals surface area contributed by atoms with Crippen LogP contribution in [0.4, 0.5) is 11.4 Å². The highest BCUT2D eigenvalue weighted by atomic mass is 32.2. The number of nitrogens with zero attached hydrogens (tertiary/aromatic N) is 2. The van der Waals surface area contributed by atoms with Crippen LogP contribution in [0.15, 0.2) is 27.6 Å². The number of sulfonamides is 1. The molecule has 11 heteroatoms. The zero-order valence-electron chi connectivity index (χ0n) is 16.6. The van der Waals surface area contributed by atoms with E-state index in [0.29, 0.717) is 42.2 Å². The lowest BCUT2D eigenvalue weighted by Crippen LogP contribution is -2.43. The minimum Gasteiger partial charge on any atom is -0.482 e. The Hall–Kier alpha value is -2.92. The second-order valence-electron chi connectivity index (χ2n) is 7.39. The Balaban J connectivity index is 1.48. The van der Waals surface area contributed by atoms with E-state index in [1.807, 2.05) is 0 Å². The van der Waals surface area contributed by atoms with Gasteiger partial charge in [0, 0.05) is 18.8 Å². The number of fused-ring (bicyclic) bond motifs is 1. The largest absolute Gasteiger partial charge is 0.482 e. The smallest absolute Gasteiger partial charge is 0.262 e.